The fourth-order valence-corrected chi connectivity index (χ4v) is 2.20. The fourth-order valence-electron chi connectivity index (χ4n) is 2.20. The Labute approximate surface area is 137 Å². The standard InChI is InChI=1S/C19H24N2O2/c1-3-20-15(2)13-21-19(22)17-11-9-16(10-12-17)14-23-18-7-5-4-6-8-18/h4-12,15,20H,3,13-14H2,1-2H3,(H,21,22)/t15-/m1/s1. The smallest absolute Gasteiger partial charge is 0.251 e. The summed E-state index contributed by atoms with van der Waals surface area (Å²) in [7, 11) is 0. The zero-order valence-corrected chi connectivity index (χ0v) is 13.7. The van der Waals surface area contributed by atoms with Gasteiger partial charge in [0.2, 0.25) is 0 Å². The lowest BCUT2D eigenvalue weighted by molar-refractivity contribution is 0.0950. The van der Waals surface area contributed by atoms with E-state index in [-0.39, 0.29) is 11.9 Å². The Morgan fingerprint density at radius 1 is 1.09 bits per heavy atom. The maximum atomic E-state index is 12.1. The predicted octanol–water partition coefficient (Wildman–Crippen LogP) is 2.99. The van der Waals surface area contributed by atoms with Crippen molar-refractivity contribution in [3.63, 3.8) is 0 Å². The average molecular weight is 312 g/mol. The van der Waals surface area contributed by atoms with E-state index in [4.69, 9.17) is 4.74 Å². The molecule has 0 saturated carbocycles. The fraction of sp³-hybridized carbons (Fsp3) is 0.316. The zero-order valence-electron chi connectivity index (χ0n) is 13.7. The van der Waals surface area contributed by atoms with Crippen LogP contribution in [0.5, 0.6) is 5.75 Å². The van der Waals surface area contributed by atoms with Gasteiger partial charge in [0.1, 0.15) is 12.4 Å². The van der Waals surface area contributed by atoms with Crippen molar-refractivity contribution >= 4 is 5.91 Å². The molecule has 0 aliphatic carbocycles. The SMILES string of the molecule is CCN[C@H](C)CNC(=O)c1ccc(COc2ccccc2)cc1. The topological polar surface area (TPSA) is 50.4 Å². The van der Waals surface area contributed by atoms with E-state index in [1.165, 1.54) is 0 Å². The van der Waals surface area contributed by atoms with E-state index >= 15 is 0 Å². The summed E-state index contributed by atoms with van der Waals surface area (Å²) in [5, 5.41) is 6.19. The van der Waals surface area contributed by atoms with Gasteiger partial charge in [-0.05, 0) is 43.3 Å². The lowest BCUT2D eigenvalue weighted by Crippen LogP contribution is -2.38. The third-order valence-corrected chi connectivity index (χ3v) is 3.49. The first kappa shape index (κ1) is 17.0. The van der Waals surface area contributed by atoms with Crippen molar-refractivity contribution in [2.45, 2.75) is 26.5 Å². The van der Waals surface area contributed by atoms with Gasteiger partial charge in [0.25, 0.3) is 5.91 Å². The molecule has 0 spiro atoms. The van der Waals surface area contributed by atoms with E-state index in [0.29, 0.717) is 18.7 Å². The van der Waals surface area contributed by atoms with Crippen LogP contribution in [-0.4, -0.2) is 25.0 Å². The lowest BCUT2D eigenvalue weighted by Gasteiger charge is -2.13. The number of nitrogens with one attached hydrogen (secondary N) is 2. The molecule has 0 aromatic heterocycles. The van der Waals surface area contributed by atoms with Crippen LogP contribution in [0.25, 0.3) is 0 Å². The molecule has 0 bridgehead atoms. The Balaban J connectivity index is 1.82. The highest BCUT2D eigenvalue weighted by molar-refractivity contribution is 5.94. The summed E-state index contributed by atoms with van der Waals surface area (Å²) >= 11 is 0. The van der Waals surface area contributed by atoms with Gasteiger partial charge in [-0.25, -0.2) is 0 Å². The minimum Gasteiger partial charge on any atom is -0.489 e. The molecule has 1 atom stereocenters. The zero-order chi connectivity index (χ0) is 16.5. The summed E-state index contributed by atoms with van der Waals surface area (Å²) in [5.41, 5.74) is 1.70. The van der Waals surface area contributed by atoms with Crippen LogP contribution < -0.4 is 15.4 Å². The van der Waals surface area contributed by atoms with Crippen LogP contribution in [0.1, 0.15) is 29.8 Å². The van der Waals surface area contributed by atoms with Crippen LogP contribution >= 0.6 is 0 Å². The van der Waals surface area contributed by atoms with Crippen molar-refractivity contribution in [3.05, 3.63) is 65.7 Å². The number of ether oxygens (including phenoxy) is 1. The van der Waals surface area contributed by atoms with Gasteiger partial charge in [-0.15, -0.1) is 0 Å². The molecule has 122 valence electrons. The maximum absolute atomic E-state index is 12.1. The number of carbonyl (C=O) groups excluding carboxylic acids is 1. The van der Waals surface area contributed by atoms with E-state index in [1.54, 1.807) is 0 Å². The predicted molar refractivity (Wildman–Crippen MR) is 92.7 cm³/mol. The highest BCUT2D eigenvalue weighted by Gasteiger charge is 2.07. The number of para-hydroxylation sites is 1. The van der Waals surface area contributed by atoms with Crippen LogP contribution in [0, 0.1) is 0 Å². The van der Waals surface area contributed by atoms with Crippen molar-refractivity contribution in [2.24, 2.45) is 0 Å². The molecule has 0 radical (unpaired) electrons. The molecule has 0 aliphatic heterocycles. The van der Waals surface area contributed by atoms with Gasteiger partial charge in [0, 0.05) is 18.2 Å². The summed E-state index contributed by atoms with van der Waals surface area (Å²) in [6.45, 7) is 6.10. The minimum absolute atomic E-state index is 0.0507. The molecular formula is C19H24N2O2. The van der Waals surface area contributed by atoms with Crippen LogP contribution in [0.4, 0.5) is 0 Å². The minimum atomic E-state index is -0.0507. The number of hydrogen-bond donors (Lipinski definition) is 2. The monoisotopic (exact) mass is 312 g/mol. The molecule has 0 aliphatic rings. The first-order chi connectivity index (χ1) is 11.2. The van der Waals surface area contributed by atoms with Gasteiger partial charge in [-0.1, -0.05) is 37.3 Å². The third-order valence-electron chi connectivity index (χ3n) is 3.49. The van der Waals surface area contributed by atoms with Crippen LogP contribution in [-0.2, 0) is 6.61 Å². The quantitative estimate of drug-likeness (QED) is 0.788. The van der Waals surface area contributed by atoms with Crippen LogP contribution in [0.3, 0.4) is 0 Å². The largest absolute Gasteiger partial charge is 0.489 e. The second-order valence-corrected chi connectivity index (χ2v) is 5.47. The van der Waals surface area contributed by atoms with Gasteiger partial charge in [-0.2, -0.15) is 0 Å². The normalized spacial score (nSPS) is 11.7. The van der Waals surface area contributed by atoms with E-state index in [0.717, 1.165) is 17.9 Å². The number of benzene rings is 2. The Kier molecular flexibility index (Phi) is 6.63. The van der Waals surface area contributed by atoms with Gasteiger partial charge < -0.3 is 15.4 Å². The Morgan fingerprint density at radius 2 is 1.78 bits per heavy atom. The first-order valence-corrected chi connectivity index (χ1v) is 7.97. The Morgan fingerprint density at radius 3 is 2.43 bits per heavy atom. The molecule has 4 heteroatoms. The van der Waals surface area contributed by atoms with Gasteiger partial charge in [-0.3, -0.25) is 4.79 Å². The molecule has 0 heterocycles. The molecule has 2 aromatic carbocycles. The molecule has 23 heavy (non-hydrogen) atoms. The summed E-state index contributed by atoms with van der Waals surface area (Å²) in [6, 6.07) is 17.5. The maximum Gasteiger partial charge on any atom is 0.251 e. The van der Waals surface area contributed by atoms with E-state index in [2.05, 4.69) is 17.6 Å². The molecule has 1 amide bonds. The number of rotatable bonds is 8. The number of hydrogen-bond acceptors (Lipinski definition) is 3. The molecule has 0 saturated heterocycles. The van der Waals surface area contributed by atoms with Crippen molar-refractivity contribution in [1.29, 1.82) is 0 Å². The highest BCUT2D eigenvalue weighted by Crippen LogP contribution is 2.12. The summed E-state index contributed by atoms with van der Waals surface area (Å²) < 4.78 is 5.69. The van der Waals surface area contributed by atoms with Gasteiger partial charge >= 0.3 is 0 Å². The van der Waals surface area contributed by atoms with Crippen molar-refractivity contribution in [1.82, 2.24) is 10.6 Å². The van der Waals surface area contributed by atoms with E-state index in [1.807, 2.05) is 61.5 Å². The number of amides is 1. The second-order valence-electron chi connectivity index (χ2n) is 5.47. The number of carbonyl (C=O) groups is 1. The van der Waals surface area contributed by atoms with E-state index < -0.39 is 0 Å². The van der Waals surface area contributed by atoms with Crippen LogP contribution in [0.2, 0.25) is 0 Å². The highest BCUT2D eigenvalue weighted by atomic mass is 16.5. The molecule has 2 rings (SSSR count). The first-order valence-electron chi connectivity index (χ1n) is 7.97. The molecule has 2 aromatic rings. The molecule has 0 fully saturated rings. The van der Waals surface area contributed by atoms with Crippen molar-refractivity contribution in [2.75, 3.05) is 13.1 Å². The molecule has 2 N–H and O–H groups in total. The third kappa shape index (κ3) is 5.75. The Bertz CT molecular complexity index is 597. The van der Waals surface area contributed by atoms with Gasteiger partial charge in [0.15, 0.2) is 0 Å². The molecular weight excluding hydrogens is 288 g/mol. The average Bonchev–Trinajstić information content (AvgIpc) is 2.59. The van der Waals surface area contributed by atoms with E-state index in [9.17, 15) is 4.79 Å². The Hall–Kier alpha value is -2.33. The molecule has 4 nitrogen and oxygen atoms in total. The van der Waals surface area contributed by atoms with Crippen LogP contribution in [0.15, 0.2) is 54.6 Å². The van der Waals surface area contributed by atoms with Crippen molar-refractivity contribution in [3.8, 4) is 5.75 Å². The number of likely N-dealkylation sites (N-methyl/N-ethyl adjacent to an activating group) is 1. The van der Waals surface area contributed by atoms with Crippen molar-refractivity contribution < 1.29 is 9.53 Å². The van der Waals surface area contributed by atoms with Gasteiger partial charge in [0.05, 0.1) is 0 Å². The summed E-state index contributed by atoms with van der Waals surface area (Å²) in [4.78, 5) is 12.1. The summed E-state index contributed by atoms with van der Waals surface area (Å²) in [5.74, 6) is 0.789. The second kappa shape index (κ2) is 8.96. The molecule has 0 unspecified atom stereocenters. The lowest BCUT2D eigenvalue weighted by atomic mass is 10.1. The summed E-state index contributed by atoms with van der Waals surface area (Å²) in [6.07, 6.45) is 0.